The van der Waals surface area contributed by atoms with Crippen LogP contribution >= 0.6 is 11.8 Å². The predicted octanol–water partition coefficient (Wildman–Crippen LogP) is 1.31. The molecule has 2 amide bonds. The second-order valence-electron chi connectivity index (χ2n) is 4.73. The van der Waals surface area contributed by atoms with E-state index in [0.29, 0.717) is 11.3 Å². The Labute approximate surface area is 136 Å². The van der Waals surface area contributed by atoms with E-state index in [1.54, 1.807) is 6.92 Å². The van der Waals surface area contributed by atoms with Crippen molar-refractivity contribution in [1.82, 2.24) is 0 Å². The van der Waals surface area contributed by atoms with Crippen molar-refractivity contribution in [3.63, 3.8) is 0 Å². The maximum Gasteiger partial charge on any atom is 0.338 e. The zero-order chi connectivity index (χ0) is 17.0. The summed E-state index contributed by atoms with van der Waals surface area (Å²) in [6, 6.07) is 5.94. The summed E-state index contributed by atoms with van der Waals surface area (Å²) in [7, 11) is 0. The molecule has 0 bridgehead atoms. The molecule has 1 aromatic carbocycles. The van der Waals surface area contributed by atoms with Gasteiger partial charge in [-0.25, -0.2) is 9.69 Å². The van der Waals surface area contributed by atoms with Crippen molar-refractivity contribution in [3.8, 4) is 0 Å². The molecule has 2 rings (SSSR count). The average molecular weight is 337 g/mol. The molecule has 0 aliphatic carbocycles. The third-order valence-corrected chi connectivity index (χ3v) is 4.33. The fraction of sp³-hybridized carbons (Fsp3) is 0.333. The molecule has 1 aliphatic heterocycles. The minimum absolute atomic E-state index is 0.0313. The molecular formula is C15H15NO6S. The summed E-state index contributed by atoms with van der Waals surface area (Å²) >= 11 is 0.931. The van der Waals surface area contributed by atoms with Crippen LogP contribution in [-0.2, 0) is 19.1 Å². The number of thioether (sulfide) groups is 1. The molecule has 0 radical (unpaired) electrons. The van der Waals surface area contributed by atoms with E-state index in [1.807, 2.05) is 0 Å². The van der Waals surface area contributed by atoms with E-state index in [0.717, 1.165) is 16.7 Å². The Hall–Kier alpha value is -2.35. The monoisotopic (exact) mass is 337 g/mol. The number of rotatable bonds is 6. The number of nitrogens with zero attached hydrogens (tertiary/aromatic N) is 1. The molecule has 1 unspecified atom stereocenters. The fourth-order valence-corrected chi connectivity index (χ4v) is 2.99. The van der Waals surface area contributed by atoms with Gasteiger partial charge in [0, 0.05) is 6.42 Å². The Balaban J connectivity index is 2.12. The minimum Gasteiger partial charge on any atom is -0.481 e. The van der Waals surface area contributed by atoms with Gasteiger partial charge in [-0.2, -0.15) is 0 Å². The number of hydrogen-bond donors (Lipinski definition) is 1. The van der Waals surface area contributed by atoms with Crippen molar-refractivity contribution in [2.75, 3.05) is 17.3 Å². The molecule has 7 nitrogen and oxygen atoms in total. The standard InChI is InChI=1S/C15H15NO6S/c1-2-22-15(21)9-3-5-10(6-4-9)16-12(17)7-11(14(16)20)23-8-13(18)19/h3-6,11H,2,7-8H2,1H3,(H,18,19). The lowest BCUT2D eigenvalue weighted by atomic mass is 10.2. The van der Waals surface area contributed by atoms with E-state index in [4.69, 9.17) is 9.84 Å². The summed E-state index contributed by atoms with van der Waals surface area (Å²) in [6.07, 6.45) is -0.0313. The first-order valence-corrected chi connectivity index (χ1v) is 7.96. The lowest BCUT2D eigenvalue weighted by Crippen LogP contribution is -2.31. The number of aliphatic carboxylic acids is 1. The third kappa shape index (κ3) is 3.89. The van der Waals surface area contributed by atoms with Gasteiger partial charge in [0.15, 0.2) is 0 Å². The fourth-order valence-electron chi connectivity index (χ4n) is 2.14. The molecule has 122 valence electrons. The van der Waals surface area contributed by atoms with Gasteiger partial charge in [-0.3, -0.25) is 14.4 Å². The number of ether oxygens (including phenoxy) is 1. The zero-order valence-corrected chi connectivity index (χ0v) is 13.2. The lowest BCUT2D eigenvalue weighted by molar-refractivity contribution is -0.134. The van der Waals surface area contributed by atoms with Crippen LogP contribution in [-0.4, -0.2) is 46.5 Å². The van der Waals surface area contributed by atoms with Crippen molar-refractivity contribution in [2.24, 2.45) is 0 Å². The van der Waals surface area contributed by atoms with Crippen LogP contribution in [0.15, 0.2) is 24.3 Å². The van der Waals surface area contributed by atoms with Crippen molar-refractivity contribution in [3.05, 3.63) is 29.8 Å². The number of esters is 1. The van der Waals surface area contributed by atoms with Crippen LogP contribution in [0, 0.1) is 0 Å². The van der Waals surface area contributed by atoms with Gasteiger partial charge in [-0.15, -0.1) is 11.8 Å². The van der Waals surface area contributed by atoms with Crippen LogP contribution in [0.3, 0.4) is 0 Å². The van der Waals surface area contributed by atoms with Crippen molar-refractivity contribution in [2.45, 2.75) is 18.6 Å². The molecule has 0 spiro atoms. The van der Waals surface area contributed by atoms with Gasteiger partial charge in [-0.05, 0) is 31.2 Å². The topological polar surface area (TPSA) is 101 Å². The highest BCUT2D eigenvalue weighted by Gasteiger charge is 2.40. The van der Waals surface area contributed by atoms with E-state index >= 15 is 0 Å². The minimum atomic E-state index is -1.03. The lowest BCUT2D eigenvalue weighted by Gasteiger charge is -2.15. The predicted molar refractivity (Wildman–Crippen MR) is 83.4 cm³/mol. The van der Waals surface area contributed by atoms with E-state index < -0.39 is 23.1 Å². The average Bonchev–Trinajstić information content (AvgIpc) is 2.80. The molecule has 1 atom stereocenters. The van der Waals surface area contributed by atoms with Crippen LogP contribution in [0.1, 0.15) is 23.7 Å². The SMILES string of the molecule is CCOC(=O)c1ccc(N2C(=O)CC(SCC(=O)O)C2=O)cc1. The van der Waals surface area contributed by atoms with Gasteiger partial charge in [0.1, 0.15) is 0 Å². The molecule has 1 saturated heterocycles. The van der Waals surface area contributed by atoms with E-state index in [9.17, 15) is 19.2 Å². The molecule has 1 heterocycles. The summed E-state index contributed by atoms with van der Waals surface area (Å²) in [5.74, 6) is -2.58. The molecule has 1 aromatic rings. The van der Waals surface area contributed by atoms with Gasteiger partial charge >= 0.3 is 11.9 Å². The van der Waals surface area contributed by atoms with Crippen molar-refractivity contribution in [1.29, 1.82) is 0 Å². The first-order chi connectivity index (χ1) is 10.9. The first kappa shape index (κ1) is 17.0. The van der Waals surface area contributed by atoms with Gasteiger partial charge in [0.25, 0.3) is 0 Å². The Morgan fingerprint density at radius 1 is 1.30 bits per heavy atom. The molecule has 0 aromatic heterocycles. The van der Waals surface area contributed by atoms with E-state index in [2.05, 4.69) is 0 Å². The molecule has 1 fully saturated rings. The van der Waals surface area contributed by atoms with Gasteiger partial charge in [0.05, 0.1) is 28.9 Å². The van der Waals surface area contributed by atoms with Crippen LogP contribution < -0.4 is 4.90 Å². The highest BCUT2D eigenvalue weighted by atomic mass is 32.2. The van der Waals surface area contributed by atoms with E-state index in [-0.39, 0.29) is 24.7 Å². The summed E-state index contributed by atoms with van der Waals surface area (Å²) < 4.78 is 4.86. The van der Waals surface area contributed by atoms with E-state index in [1.165, 1.54) is 24.3 Å². The Morgan fingerprint density at radius 3 is 2.52 bits per heavy atom. The number of anilines is 1. The van der Waals surface area contributed by atoms with Crippen LogP contribution in [0.2, 0.25) is 0 Å². The van der Waals surface area contributed by atoms with Gasteiger partial charge in [0.2, 0.25) is 11.8 Å². The Bertz CT molecular complexity index is 642. The summed E-state index contributed by atoms with van der Waals surface area (Å²) in [5.41, 5.74) is 0.679. The smallest absolute Gasteiger partial charge is 0.338 e. The molecule has 1 N–H and O–H groups in total. The maximum atomic E-state index is 12.2. The van der Waals surface area contributed by atoms with Crippen molar-refractivity contribution < 1.29 is 29.0 Å². The summed E-state index contributed by atoms with van der Waals surface area (Å²) in [4.78, 5) is 47.4. The summed E-state index contributed by atoms with van der Waals surface area (Å²) in [5, 5.41) is 7.97. The molecule has 23 heavy (non-hydrogen) atoms. The van der Waals surface area contributed by atoms with Crippen LogP contribution in [0.25, 0.3) is 0 Å². The highest BCUT2D eigenvalue weighted by Crippen LogP contribution is 2.29. The number of carboxylic acids is 1. The highest BCUT2D eigenvalue weighted by molar-refractivity contribution is 8.01. The Morgan fingerprint density at radius 2 is 1.96 bits per heavy atom. The third-order valence-electron chi connectivity index (χ3n) is 3.15. The van der Waals surface area contributed by atoms with Crippen molar-refractivity contribution >= 4 is 41.2 Å². The number of benzene rings is 1. The Kier molecular flexibility index (Phi) is 5.38. The van der Waals surface area contributed by atoms with Gasteiger partial charge < -0.3 is 9.84 Å². The molecule has 8 heteroatoms. The zero-order valence-electron chi connectivity index (χ0n) is 12.4. The van der Waals surface area contributed by atoms with Crippen LogP contribution in [0.5, 0.6) is 0 Å². The largest absolute Gasteiger partial charge is 0.481 e. The first-order valence-electron chi connectivity index (χ1n) is 6.91. The summed E-state index contributed by atoms with van der Waals surface area (Å²) in [6.45, 7) is 1.95. The second kappa shape index (κ2) is 7.28. The number of carboxylic acid groups (broad SMARTS) is 1. The number of amides is 2. The second-order valence-corrected chi connectivity index (χ2v) is 5.92. The number of hydrogen-bond acceptors (Lipinski definition) is 6. The normalized spacial score (nSPS) is 17.4. The quantitative estimate of drug-likeness (QED) is 0.617. The van der Waals surface area contributed by atoms with Gasteiger partial charge in [-0.1, -0.05) is 0 Å². The van der Waals surface area contributed by atoms with Crippen LogP contribution in [0.4, 0.5) is 5.69 Å². The molecule has 0 saturated carbocycles. The maximum absolute atomic E-state index is 12.2. The number of carbonyl (C=O) groups excluding carboxylic acids is 3. The molecule has 1 aliphatic rings. The number of imide groups is 1. The number of carbonyl (C=O) groups is 4. The molecular weight excluding hydrogens is 322 g/mol.